The van der Waals surface area contributed by atoms with Crippen LogP contribution in [-0.4, -0.2) is 45.9 Å². The average molecular weight is 439 g/mol. The van der Waals surface area contributed by atoms with E-state index in [2.05, 4.69) is 33.1 Å². The quantitative estimate of drug-likeness (QED) is 0.434. The minimum absolute atomic E-state index is 0.0952. The van der Waals surface area contributed by atoms with Gasteiger partial charge in [0.25, 0.3) is 5.91 Å². The number of hydrogen-bond acceptors (Lipinski definition) is 3. The Balaban J connectivity index is 1.26. The molecule has 0 spiro atoms. The van der Waals surface area contributed by atoms with Gasteiger partial charge in [-0.05, 0) is 49.2 Å². The molecular formula is C27H26N4O2. The second-order valence-electron chi connectivity index (χ2n) is 8.32. The third-order valence-corrected chi connectivity index (χ3v) is 6.11. The van der Waals surface area contributed by atoms with Crippen LogP contribution in [0.5, 0.6) is 0 Å². The summed E-state index contributed by atoms with van der Waals surface area (Å²) in [5, 5.41) is 4.02. The summed E-state index contributed by atoms with van der Waals surface area (Å²) in [6, 6.07) is 21.9. The molecule has 0 bridgehead atoms. The average Bonchev–Trinajstić information content (AvgIpc) is 3.47. The van der Waals surface area contributed by atoms with Crippen LogP contribution in [0.15, 0.2) is 79.1 Å². The number of aromatic nitrogens is 2. The molecule has 6 heteroatoms. The lowest BCUT2D eigenvalue weighted by Crippen LogP contribution is -2.30. The number of hydrogen-bond donors (Lipinski definition) is 1. The Labute approximate surface area is 192 Å². The van der Waals surface area contributed by atoms with Gasteiger partial charge in [-0.1, -0.05) is 30.3 Å². The van der Waals surface area contributed by atoms with Crippen molar-refractivity contribution in [1.29, 1.82) is 0 Å². The number of fused-ring (bicyclic) bond motifs is 1. The van der Waals surface area contributed by atoms with E-state index in [0.717, 1.165) is 47.2 Å². The Morgan fingerprint density at radius 1 is 1.03 bits per heavy atom. The second-order valence-corrected chi connectivity index (χ2v) is 8.32. The molecule has 2 aromatic carbocycles. The van der Waals surface area contributed by atoms with Gasteiger partial charge >= 0.3 is 0 Å². The summed E-state index contributed by atoms with van der Waals surface area (Å²) in [6.07, 6.45) is 6.28. The molecule has 166 valence electrons. The van der Waals surface area contributed by atoms with Crippen LogP contribution in [0.1, 0.15) is 29.6 Å². The summed E-state index contributed by atoms with van der Waals surface area (Å²) in [4.78, 5) is 30.6. The highest BCUT2D eigenvalue weighted by molar-refractivity contribution is 5.94. The van der Waals surface area contributed by atoms with E-state index in [-0.39, 0.29) is 11.8 Å². The predicted molar refractivity (Wildman–Crippen MR) is 129 cm³/mol. The van der Waals surface area contributed by atoms with Crippen LogP contribution in [-0.2, 0) is 4.79 Å². The SMILES string of the molecule is O=C(NCCCN1CCCC1=O)c1ccc(-n2ccc3cnc(-c4ccccc4)cc32)cc1. The molecule has 0 aliphatic carbocycles. The van der Waals surface area contributed by atoms with Gasteiger partial charge in [0.2, 0.25) is 5.91 Å². The first kappa shape index (κ1) is 20.9. The topological polar surface area (TPSA) is 67.2 Å². The molecule has 1 fully saturated rings. The summed E-state index contributed by atoms with van der Waals surface area (Å²) in [5.74, 6) is 0.128. The molecule has 1 saturated heterocycles. The number of carbonyl (C=O) groups is 2. The van der Waals surface area contributed by atoms with Crippen LogP contribution < -0.4 is 5.32 Å². The molecule has 5 rings (SSSR count). The number of pyridine rings is 1. The Morgan fingerprint density at radius 3 is 2.61 bits per heavy atom. The zero-order chi connectivity index (χ0) is 22.6. The van der Waals surface area contributed by atoms with E-state index in [4.69, 9.17) is 0 Å². The molecule has 3 heterocycles. The molecule has 0 saturated carbocycles. The standard InChI is InChI=1S/C27H26N4O2/c32-26-8-4-15-30(26)16-5-14-28-27(33)21-9-11-23(12-10-21)31-17-13-22-19-29-24(18-25(22)31)20-6-2-1-3-7-20/h1-3,6-7,9-13,17-19H,4-5,8,14-16H2,(H,28,33). The van der Waals surface area contributed by atoms with Crippen molar-refractivity contribution in [2.45, 2.75) is 19.3 Å². The Bertz CT molecular complexity index is 1280. The fraction of sp³-hybridized carbons (Fsp3) is 0.222. The number of benzene rings is 2. The zero-order valence-corrected chi connectivity index (χ0v) is 18.4. The van der Waals surface area contributed by atoms with Gasteiger partial charge in [0, 0.05) is 60.6 Å². The van der Waals surface area contributed by atoms with Gasteiger partial charge in [-0.25, -0.2) is 0 Å². The van der Waals surface area contributed by atoms with E-state index in [1.54, 1.807) is 0 Å². The highest BCUT2D eigenvalue weighted by Crippen LogP contribution is 2.25. The van der Waals surface area contributed by atoms with Gasteiger partial charge in [-0.3, -0.25) is 14.6 Å². The molecule has 6 nitrogen and oxygen atoms in total. The van der Waals surface area contributed by atoms with E-state index >= 15 is 0 Å². The molecule has 2 aromatic heterocycles. The van der Waals surface area contributed by atoms with Crippen molar-refractivity contribution in [3.05, 3.63) is 84.7 Å². The summed E-state index contributed by atoms with van der Waals surface area (Å²) in [7, 11) is 0. The van der Waals surface area contributed by atoms with E-state index in [1.165, 1.54) is 0 Å². The minimum atomic E-state index is -0.0952. The molecule has 0 radical (unpaired) electrons. The van der Waals surface area contributed by atoms with Gasteiger partial charge in [-0.2, -0.15) is 0 Å². The summed E-state index contributed by atoms with van der Waals surface area (Å²) in [5.41, 5.74) is 4.68. The normalized spacial score (nSPS) is 13.6. The molecule has 1 aliphatic heterocycles. The highest BCUT2D eigenvalue weighted by atomic mass is 16.2. The van der Waals surface area contributed by atoms with Crippen LogP contribution in [0.25, 0.3) is 27.8 Å². The smallest absolute Gasteiger partial charge is 0.251 e. The van der Waals surface area contributed by atoms with E-state index in [9.17, 15) is 9.59 Å². The molecule has 0 unspecified atom stereocenters. The van der Waals surface area contributed by atoms with Crippen LogP contribution in [0.4, 0.5) is 0 Å². The highest BCUT2D eigenvalue weighted by Gasteiger charge is 2.19. The maximum atomic E-state index is 12.5. The van der Waals surface area contributed by atoms with E-state index in [0.29, 0.717) is 25.1 Å². The first-order chi connectivity index (χ1) is 16.2. The number of likely N-dealkylation sites (tertiary alicyclic amines) is 1. The van der Waals surface area contributed by atoms with E-state index < -0.39 is 0 Å². The predicted octanol–water partition coefficient (Wildman–Crippen LogP) is 4.43. The first-order valence-electron chi connectivity index (χ1n) is 11.4. The lowest BCUT2D eigenvalue weighted by molar-refractivity contribution is -0.127. The largest absolute Gasteiger partial charge is 0.352 e. The molecule has 33 heavy (non-hydrogen) atoms. The zero-order valence-electron chi connectivity index (χ0n) is 18.4. The lowest BCUT2D eigenvalue weighted by Gasteiger charge is -2.15. The molecule has 2 amide bonds. The second kappa shape index (κ2) is 9.28. The van der Waals surface area contributed by atoms with Crippen molar-refractivity contribution >= 4 is 22.7 Å². The van der Waals surface area contributed by atoms with Gasteiger partial charge < -0.3 is 14.8 Å². The van der Waals surface area contributed by atoms with Crippen LogP contribution in [0.3, 0.4) is 0 Å². The Hall–Kier alpha value is -3.93. The van der Waals surface area contributed by atoms with Crippen LogP contribution in [0.2, 0.25) is 0 Å². The van der Waals surface area contributed by atoms with Crippen molar-refractivity contribution in [3.63, 3.8) is 0 Å². The maximum Gasteiger partial charge on any atom is 0.251 e. The van der Waals surface area contributed by atoms with Crippen molar-refractivity contribution in [1.82, 2.24) is 19.8 Å². The minimum Gasteiger partial charge on any atom is -0.352 e. The van der Waals surface area contributed by atoms with E-state index in [1.807, 2.05) is 65.8 Å². The van der Waals surface area contributed by atoms with Crippen LogP contribution >= 0.6 is 0 Å². The first-order valence-corrected chi connectivity index (χ1v) is 11.4. The summed E-state index contributed by atoms with van der Waals surface area (Å²) < 4.78 is 2.11. The molecule has 4 aromatic rings. The summed E-state index contributed by atoms with van der Waals surface area (Å²) >= 11 is 0. The lowest BCUT2D eigenvalue weighted by atomic mass is 10.1. The molecular weight excluding hydrogens is 412 g/mol. The molecule has 0 atom stereocenters. The molecule has 1 aliphatic rings. The van der Waals surface area contributed by atoms with Gasteiger partial charge in [-0.15, -0.1) is 0 Å². The van der Waals surface area contributed by atoms with Crippen molar-refractivity contribution in [2.24, 2.45) is 0 Å². The van der Waals surface area contributed by atoms with Crippen LogP contribution in [0, 0.1) is 0 Å². The number of nitrogens with zero attached hydrogens (tertiary/aromatic N) is 3. The van der Waals surface area contributed by atoms with Gasteiger partial charge in [0.05, 0.1) is 11.2 Å². The number of rotatable bonds is 7. The summed E-state index contributed by atoms with van der Waals surface area (Å²) in [6.45, 7) is 2.10. The van der Waals surface area contributed by atoms with Gasteiger partial charge in [0.1, 0.15) is 0 Å². The Kier molecular flexibility index (Phi) is 5.89. The number of carbonyl (C=O) groups excluding carboxylic acids is 2. The van der Waals surface area contributed by atoms with Crippen molar-refractivity contribution in [3.8, 4) is 16.9 Å². The molecule has 1 N–H and O–H groups in total. The fourth-order valence-electron chi connectivity index (χ4n) is 4.31. The Morgan fingerprint density at radius 2 is 1.85 bits per heavy atom. The third kappa shape index (κ3) is 4.51. The number of amides is 2. The monoisotopic (exact) mass is 438 g/mol. The third-order valence-electron chi connectivity index (χ3n) is 6.11. The van der Waals surface area contributed by atoms with Crippen molar-refractivity contribution in [2.75, 3.05) is 19.6 Å². The maximum absolute atomic E-state index is 12.5. The fourth-order valence-corrected chi connectivity index (χ4v) is 4.31. The number of nitrogens with one attached hydrogen (secondary N) is 1. The van der Waals surface area contributed by atoms with Gasteiger partial charge in [0.15, 0.2) is 0 Å². The van der Waals surface area contributed by atoms with Crippen molar-refractivity contribution < 1.29 is 9.59 Å².